The number of unbranched alkanes of at least 4 members (excludes halogenated alkanes) is 2. The lowest BCUT2D eigenvalue weighted by molar-refractivity contribution is -0.663. The lowest BCUT2D eigenvalue weighted by Crippen LogP contribution is -2.89. The number of carbonyl (C=O) groups excluding carboxylic acids is 1. The quantitative estimate of drug-likeness (QED) is 0.350. The maximum atomic E-state index is 10.4. The molecule has 0 spiro atoms. The molecule has 66 valence electrons. The van der Waals surface area contributed by atoms with Crippen molar-refractivity contribution >= 4 is 6.29 Å². The number of hydroxylamine groups is 1. The van der Waals surface area contributed by atoms with Gasteiger partial charge in [0.25, 0.3) is 0 Å². The molecule has 3 heteroatoms. The average molecular weight is 159 g/mol. The summed E-state index contributed by atoms with van der Waals surface area (Å²) in [6.07, 6.45) is 4.29. The van der Waals surface area contributed by atoms with Gasteiger partial charge in [0.05, 0.1) is 5.54 Å². The summed E-state index contributed by atoms with van der Waals surface area (Å²) in [6.45, 7) is 3.84. The van der Waals surface area contributed by atoms with Gasteiger partial charge in [-0.05, 0) is 26.7 Å². The van der Waals surface area contributed by atoms with E-state index < -0.39 is 0 Å². The third-order valence-electron chi connectivity index (χ3n) is 1.71. The molecule has 2 N–H and O–H groups in total. The fraction of sp³-hybridized carbons (Fsp3) is 0.875. The fourth-order valence-corrected chi connectivity index (χ4v) is 0.867. The molecule has 0 rings (SSSR count). The molecule has 0 atom stereocenters. The van der Waals surface area contributed by atoms with Crippen LogP contribution in [0.2, 0.25) is 0 Å². The number of quaternary nitrogens is 1. The van der Waals surface area contributed by atoms with Gasteiger partial charge >= 0.3 is 0 Å². The van der Waals surface area contributed by atoms with Crippen LogP contribution in [-0.4, -0.2) is 11.8 Å². The van der Waals surface area contributed by atoms with Crippen molar-refractivity contribution in [1.82, 2.24) is 0 Å². The van der Waals surface area contributed by atoms with E-state index in [4.69, 9.17) is 0 Å². The number of hydrogen-bond acceptors (Lipinski definition) is 2. The zero-order valence-corrected chi connectivity index (χ0v) is 7.30. The van der Waals surface area contributed by atoms with E-state index in [0.717, 1.165) is 31.0 Å². The van der Waals surface area contributed by atoms with E-state index in [9.17, 15) is 10.0 Å². The third kappa shape index (κ3) is 6.01. The molecule has 0 saturated heterocycles. The van der Waals surface area contributed by atoms with Crippen LogP contribution in [0, 0.1) is 5.21 Å². The minimum absolute atomic E-state index is 0.205. The summed E-state index contributed by atoms with van der Waals surface area (Å²) >= 11 is 0. The largest absolute Gasteiger partial charge is 0.635 e. The molecule has 11 heavy (non-hydrogen) atoms. The first-order chi connectivity index (χ1) is 5.12. The van der Waals surface area contributed by atoms with Crippen LogP contribution in [0.3, 0.4) is 0 Å². The van der Waals surface area contributed by atoms with E-state index in [1.807, 2.05) is 13.8 Å². The van der Waals surface area contributed by atoms with Gasteiger partial charge in [0.1, 0.15) is 6.29 Å². The Morgan fingerprint density at radius 3 is 2.55 bits per heavy atom. The second kappa shape index (κ2) is 5.27. The van der Waals surface area contributed by atoms with Gasteiger partial charge in [-0.1, -0.05) is 0 Å². The zero-order chi connectivity index (χ0) is 8.74. The molecule has 0 saturated carbocycles. The monoisotopic (exact) mass is 159 g/mol. The van der Waals surface area contributed by atoms with Crippen LogP contribution >= 0.6 is 0 Å². The summed E-state index contributed by atoms with van der Waals surface area (Å²) in [5.41, 5.74) is 0.775. The lowest BCUT2D eigenvalue weighted by Gasteiger charge is -2.24. The normalized spacial score (nSPS) is 11.5. The van der Waals surface area contributed by atoms with Gasteiger partial charge in [-0.3, -0.25) is 0 Å². The van der Waals surface area contributed by atoms with Crippen LogP contribution in [0.1, 0.15) is 39.5 Å². The molecule has 0 aromatic heterocycles. The van der Waals surface area contributed by atoms with Crippen molar-refractivity contribution in [3.05, 3.63) is 5.21 Å². The van der Waals surface area contributed by atoms with Crippen LogP contribution in [0.15, 0.2) is 0 Å². The van der Waals surface area contributed by atoms with E-state index >= 15 is 0 Å². The van der Waals surface area contributed by atoms with Crippen molar-refractivity contribution in [3.63, 3.8) is 0 Å². The number of carbonyl (C=O) groups is 1. The van der Waals surface area contributed by atoms with Crippen molar-refractivity contribution in [3.8, 4) is 0 Å². The minimum Gasteiger partial charge on any atom is -0.635 e. The Bertz CT molecular complexity index is 113. The van der Waals surface area contributed by atoms with E-state index in [2.05, 4.69) is 0 Å². The summed E-state index contributed by atoms with van der Waals surface area (Å²) in [5.74, 6) is 0. The Labute approximate surface area is 67.8 Å². The molecule has 0 fully saturated rings. The van der Waals surface area contributed by atoms with Gasteiger partial charge in [-0.25, -0.2) is 0 Å². The van der Waals surface area contributed by atoms with Crippen molar-refractivity contribution in [2.75, 3.05) is 0 Å². The fourth-order valence-electron chi connectivity index (χ4n) is 0.867. The van der Waals surface area contributed by atoms with Gasteiger partial charge in [0, 0.05) is 12.8 Å². The summed E-state index contributed by atoms with van der Waals surface area (Å²) in [7, 11) is 0. The predicted molar refractivity (Wildman–Crippen MR) is 43.9 cm³/mol. The molecule has 0 aliphatic rings. The number of aldehydes is 1. The van der Waals surface area contributed by atoms with Gasteiger partial charge in [0.2, 0.25) is 0 Å². The smallest absolute Gasteiger partial charge is 0.119 e. The highest BCUT2D eigenvalue weighted by Crippen LogP contribution is 2.08. The van der Waals surface area contributed by atoms with Gasteiger partial charge in [-0.15, -0.1) is 0 Å². The van der Waals surface area contributed by atoms with Crippen LogP contribution in [0.5, 0.6) is 0 Å². The Kier molecular flexibility index (Phi) is 5.07. The molecule has 0 amide bonds. The summed E-state index contributed by atoms with van der Waals surface area (Å²) in [4.78, 5) is 9.93. The van der Waals surface area contributed by atoms with Crippen molar-refractivity contribution in [2.24, 2.45) is 0 Å². The van der Waals surface area contributed by atoms with Gasteiger partial charge in [-0.2, -0.15) is 0 Å². The van der Waals surface area contributed by atoms with E-state index in [1.54, 1.807) is 0 Å². The van der Waals surface area contributed by atoms with Crippen LogP contribution < -0.4 is 5.48 Å². The highest BCUT2D eigenvalue weighted by molar-refractivity contribution is 5.48. The first kappa shape index (κ1) is 10.6. The third-order valence-corrected chi connectivity index (χ3v) is 1.71. The number of rotatable bonds is 6. The Balaban J connectivity index is 3.29. The molecular formula is C8H17NO2. The maximum Gasteiger partial charge on any atom is 0.119 e. The van der Waals surface area contributed by atoms with Gasteiger partial charge in [0.15, 0.2) is 0 Å². The lowest BCUT2D eigenvalue weighted by atomic mass is 9.98. The second-order valence-corrected chi connectivity index (χ2v) is 3.52. The minimum atomic E-state index is -0.205. The van der Waals surface area contributed by atoms with E-state index in [1.165, 1.54) is 0 Å². The van der Waals surface area contributed by atoms with Crippen LogP contribution in [0.25, 0.3) is 0 Å². The molecule has 0 unspecified atom stereocenters. The Morgan fingerprint density at radius 2 is 2.09 bits per heavy atom. The van der Waals surface area contributed by atoms with Crippen LogP contribution in [0.4, 0.5) is 0 Å². The molecule has 0 aromatic carbocycles. The number of hydrogen-bond donors (Lipinski definition) is 1. The summed E-state index contributed by atoms with van der Waals surface area (Å²) in [6, 6.07) is 0. The topological polar surface area (TPSA) is 56.7 Å². The molecule has 3 nitrogen and oxygen atoms in total. The highest BCUT2D eigenvalue weighted by Gasteiger charge is 2.15. The maximum absolute atomic E-state index is 10.4. The predicted octanol–water partition coefficient (Wildman–Crippen LogP) is 0.586. The Morgan fingerprint density at radius 1 is 1.45 bits per heavy atom. The molecule has 0 aliphatic carbocycles. The summed E-state index contributed by atoms with van der Waals surface area (Å²) in [5, 5.41) is 10.4. The Hall–Kier alpha value is -0.410. The molecule has 0 bridgehead atoms. The first-order valence-corrected chi connectivity index (χ1v) is 4.02. The first-order valence-electron chi connectivity index (χ1n) is 4.02. The van der Waals surface area contributed by atoms with Gasteiger partial charge < -0.3 is 15.5 Å². The average Bonchev–Trinajstić information content (AvgIpc) is 1.99. The van der Waals surface area contributed by atoms with Crippen molar-refractivity contribution in [2.45, 2.75) is 45.1 Å². The molecule has 0 aliphatic heterocycles. The van der Waals surface area contributed by atoms with Crippen molar-refractivity contribution < 1.29 is 10.3 Å². The molecular weight excluding hydrogens is 142 g/mol. The van der Waals surface area contributed by atoms with Crippen molar-refractivity contribution in [1.29, 1.82) is 0 Å². The molecule has 0 heterocycles. The summed E-state index contributed by atoms with van der Waals surface area (Å²) < 4.78 is 0. The molecule has 0 aromatic rings. The standard InChI is InChI=1S/C8H17NO2/c1-8(2,9-11)6-4-3-5-7-10/h7H,3-6,9H2,1-2H3. The number of nitrogens with two attached hydrogens (primary N) is 1. The second-order valence-electron chi connectivity index (χ2n) is 3.52. The molecule has 0 radical (unpaired) electrons. The van der Waals surface area contributed by atoms with E-state index in [0.29, 0.717) is 6.42 Å². The zero-order valence-electron chi connectivity index (χ0n) is 7.30. The van der Waals surface area contributed by atoms with Crippen LogP contribution in [-0.2, 0) is 4.79 Å². The highest BCUT2D eigenvalue weighted by atomic mass is 16.5. The van der Waals surface area contributed by atoms with E-state index in [-0.39, 0.29) is 5.54 Å². The SMILES string of the molecule is CC(C)(CCCCC=O)[NH2+][O-].